The molecule has 1 rings (SSSR count). The van der Waals surface area contributed by atoms with Crippen LogP contribution in [0.3, 0.4) is 0 Å². The van der Waals surface area contributed by atoms with E-state index in [4.69, 9.17) is 0 Å². The predicted octanol–water partition coefficient (Wildman–Crippen LogP) is 3.93. The first-order chi connectivity index (χ1) is 7.79. The highest BCUT2D eigenvalue weighted by atomic mass is 16.1. The zero-order valence-electron chi connectivity index (χ0n) is 9.99. The van der Waals surface area contributed by atoms with Gasteiger partial charge in [0, 0.05) is 0 Å². The van der Waals surface area contributed by atoms with Gasteiger partial charge in [0.1, 0.15) is 0 Å². The number of aryl methyl sites for hydroxylation is 1. The maximum Gasteiger partial charge on any atom is 0.152 e. The summed E-state index contributed by atoms with van der Waals surface area (Å²) in [7, 11) is 0. The average molecular weight is 216 g/mol. The van der Waals surface area contributed by atoms with Gasteiger partial charge in [0.15, 0.2) is 5.78 Å². The van der Waals surface area contributed by atoms with Crippen molar-refractivity contribution < 1.29 is 4.79 Å². The average Bonchev–Trinajstić information content (AvgIpc) is 2.29. The van der Waals surface area contributed by atoms with Gasteiger partial charge in [-0.1, -0.05) is 42.8 Å². The lowest BCUT2D eigenvalue weighted by Crippen LogP contribution is -1.85. The molecule has 1 nitrogen and oxygen atoms in total. The molecule has 0 unspecified atom stereocenters. The maximum absolute atomic E-state index is 10.6. The van der Waals surface area contributed by atoms with Crippen molar-refractivity contribution in [3.63, 3.8) is 0 Å². The smallest absolute Gasteiger partial charge is 0.152 e. The minimum absolute atomic E-state index is 0.143. The molecule has 1 aromatic rings. The summed E-state index contributed by atoms with van der Waals surface area (Å²) in [4.78, 5) is 10.6. The molecule has 0 aliphatic rings. The monoisotopic (exact) mass is 216 g/mol. The molecule has 0 saturated carbocycles. The Labute approximate surface area is 98.2 Å². The summed E-state index contributed by atoms with van der Waals surface area (Å²) in [6.45, 7) is 1.59. The van der Waals surface area contributed by atoms with Crippen molar-refractivity contribution in [2.45, 2.75) is 39.0 Å². The largest absolute Gasteiger partial charge is 0.295 e. The van der Waals surface area contributed by atoms with E-state index in [0.29, 0.717) is 0 Å². The summed E-state index contributed by atoms with van der Waals surface area (Å²) in [5.74, 6) is 0.143. The molecule has 0 spiro atoms. The zero-order valence-corrected chi connectivity index (χ0v) is 9.99. The summed E-state index contributed by atoms with van der Waals surface area (Å²) in [5, 5.41) is 0. The molecule has 0 atom stereocenters. The van der Waals surface area contributed by atoms with Crippen LogP contribution in [0.25, 0.3) is 0 Å². The molecule has 0 amide bonds. The van der Waals surface area contributed by atoms with Crippen molar-refractivity contribution in [1.29, 1.82) is 0 Å². The molecule has 0 saturated heterocycles. The van der Waals surface area contributed by atoms with Crippen LogP contribution in [0.4, 0.5) is 0 Å². The number of rotatable bonds is 7. The van der Waals surface area contributed by atoms with E-state index >= 15 is 0 Å². The third-order valence-electron chi connectivity index (χ3n) is 2.53. The Bertz CT molecular complexity index is 325. The standard InChI is InChI=1S/C15H20O/c1-14(16)10-6-3-2-4-7-11-15-12-8-5-9-13-15/h5-6,8-10,12-13H,2-4,7,11H2,1H3/b10-6+. The van der Waals surface area contributed by atoms with Gasteiger partial charge in [0.2, 0.25) is 0 Å². The third kappa shape index (κ3) is 6.18. The van der Waals surface area contributed by atoms with Gasteiger partial charge in [0.25, 0.3) is 0 Å². The first-order valence-electron chi connectivity index (χ1n) is 6.00. The Morgan fingerprint density at radius 2 is 1.88 bits per heavy atom. The number of unbranched alkanes of at least 4 members (excludes halogenated alkanes) is 3. The van der Waals surface area contributed by atoms with Crippen molar-refractivity contribution >= 4 is 5.78 Å². The van der Waals surface area contributed by atoms with E-state index in [1.807, 2.05) is 6.08 Å². The van der Waals surface area contributed by atoms with Gasteiger partial charge >= 0.3 is 0 Å². The minimum atomic E-state index is 0.143. The van der Waals surface area contributed by atoms with Gasteiger partial charge < -0.3 is 0 Å². The molecule has 0 aromatic heterocycles. The second-order valence-corrected chi connectivity index (χ2v) is 4.10. The van der Waals surface area contributed by atoms with Gasteiger partial charge in [-0.3, -0.25) is 4.79 Å². The molecule has 0 heterocycles. The summed E-state index contributed by atoms with van der Waals surface area (Å²) in [6.07, 6.45) is 9.47. The van der Waals surface area contributed by atoms with Crippen LogP contribution < -0.4 is 0 Å². The van der Waals surface area contributed by atoms with E-state index in [1.54, 1.807) is 13.0 Å². The lowest BCUT2D eigenvalue weighted by atomic mass is 10.1. The SMILES string of the molecule is CC(=O)/C=C/CCCCCc1ccccc1. The van der Waals surface area contributed by atoms with Gasteiger partial charge in [-0.15, -0.1) is 0 Å². The minimum Gasteiger partial charge on any atom is -0.295 e. The molecule has 0 fully saturated rings. The maximum atomic E-state index is 10.6. The van der Waals surface area contributed by atoms with Gasteiger partial charge in [-0.05, 0) is 44.2 Å². The fraction of sp³-hybridized carbons (Fsp3) is 0.400. The molecule has 0 bridgehead atoms. The summed E-state index contributed by atoms with van der Waals surface area (Å²) in [5.41, 5.74) is 1.42. The molecule has 0 N–H and O–H groups in total. The van der Waals surface area contributed by atoms with Crippen LogP contribution >= 0.6 is 0 Å². The normalized spacial score (nSPS) is 10.8. The van der Waals surface area contributed by atoms with Crippen molar-refractivity contribution in [2.75, 3.05) is 0 Å². The molecule has 0 aliphatic heterocycles. The Morgan fingerprint density at radius 1 is 1.12 bits per heavy atom. The molecular formula is C15H20O. The van der Waals surface area contributed by atoms with E-state index in [1.165, 1.54) is 24.8 Å². The van der Waals surface area contributed by atoms with Crippen LogP contribution in [0.15, 0.2) is 42.5 Å². The molecule has 0 radical (unpaired) electrons. The van der Waals surface area contributed by atoms with Gasteiger partial charge in [0.05, 0.1) is 0 Å². The fourth-order valence-electron chi connectivity index (χ4n) is 1.66. The number of benzene rings is 1. The van der Waals surface area contributed by atoms with Gasteiger partial charge in [-0.25, -0.2) is 0 Å². The second-order valence-electron chi connectivity index (χ2n) is 4.10. The number of carbonyl (C=O) groups excluding carboxylic acids is 1. The van der Waals surface area contributed by atoms with Crippen LogP contribution in [-0.2, 0) is 11.2 Å². The Hall–Kier alpha value is -1.37. The molecule has 0 aliphatic carbocycles. The summed E-state index contributed by atoms with van der Waals surface area (Å²) >= 11 is 0. The highest BCUT2D eigenvalue weighted by Gasteiger charge is 1.91. The van der Waals surface area contributed by atoms with Crippen molar-refractivity contribution in [3.05, 3.63) is 48.0 Å². The van der Waals surface area contributed by atoms with Crippen LogP contribution in [-0.4, -0.2) is 5.78 Å². The molecule has 86 valence electrons. The summed E-state index contributed by atoms with van der Waals surface area (Å²) < 4.78 is 0. The van der Waals surface area contributed by atoms with E-state index in [9.17, 15) is 4.79 Å². The number of carbonyl (C=O) groups is 1. The highest BCUT2D eigenvalue weighted by Crippen LogP contribution is 2.07. The topological polar surface area (TPSA) is 17.1 Å². The van der Waals surface area contributed by atoms with E-state index in [0.717, 1.165) is 12.8 Å². The van der Waals surface area contributed by atoms with Crippen LogP contribution in [0.1, 0.15) is 38.2 Å². The Morgan fingerprint density at radius 3 is 2.56 bits per heavy atom. The molecule has 1 heteroatoms. The Kier molecular flexibility index (Phi) is 6.24. The Balaban J connectivity index is 2.02. The number of ketones is 1. The van der Waals surface area contributed by atoms with E-state index in [2.05, 4.69) is 30.3 Å². The van der Waals surface area contributed by atoms with Crippen LogP contribution in [0, 0.1) is 0 Å². The quantitative estimate of drug-likeness (QED) is 0.498. The van der Waals surface area contributed by atoms with Crippen molar-refractivity contribution in [2.24, 2.45) is 0 Å². The first-order valence-corrected chi connectivity index (χ1v) is 6.00. The predicted molar refractivity (Wildman–Crippen MR) is 68.4 cm³/mol. The van der Waals surface area contributed by atoms with E-state index in [-0.39, 0.29) is 5.78 Å². The number of hydrogen-bond acceptors (Lipinski definition) is 1. The molecule has 16 heavy (non-hydrogen) atoms. The van der Waals surface area contributed by atoms with E-state index < -0.39 is 0 Å². The number of allylic oxidation sites excluding steroid dienone is 2. The molecular weight excluding hydrogens is 196 g/mol. The summed E-state index contributed by atoms with van der Waals surface area (Å²) in [6, 6.07) is 10.6. The van der Waals surface area contributed by atoms with Crippen LogP contribution in [0.5, 0.6) is 0 Å². The number of hydrogen-bond donors (Lipinski definition) is 0. The van der Waals surface area contributed by atoms with Gasteiger partial charge in [-0.2, -0.15) is 0 Å². The van der Waals surface area contributed by atoms with Crippen molar-refractivity contribution in [3.8, 4) is 0 Å². The van der Waals surface area contributed by atoms with Crippen molar-refractivity contribution in [1.82, 2.24) is 0 Å². The van der Waals surface area contributed by atoms with Crippen LogP contribution in [0.2, 0.25) is 0 Å². The lowest BCUT2D eigenvalue weighted by molar-refractivity contribution is -0.112. The zero-order chi connectivity index (χ0) is 11.6. The highest BCUT2D eigenvalue weighted by molar-refractivity contribution is 5.87. The molecule has 1 aromatic carbocycles. The fourth-order valence-corrected chi connectivity index (χ4v) is 1.66. The first kappa shape index (κ1) is 12.7. The second kappa shape index (κ2) is 7.86. The lowest BCUT2D eigenvalue weighted by Gasteiger charge is -2.00. The third-order valence-corrected chi connectivity index (χ3v) is 2.53.